The standard InChI is InChI=1S/C14H16N2O2/c1-2-3-4-11-5-7-12(8-6-11)16-14(17)13-9-10-15-18-13/h5-10H,2-4H2,1H3,(H,16,17). The molecule has 0 spiro atoms. The molecule has 0 bridgehead atoms. The van der Waals surface area contributed by atoms with Crippen molar-refractivity contribution < 1.29 is 9.32 Å². The van der Waals surface area contributed by atoms with E-state index >= 15 is 0 Å². The van der Waals surface area contributed by atoms with Gasteiger partial charge in [0.05, 0.1) is 6.20 Å². The number of aromatic nitrogens is 1. The molecule has 0 radical (unpaired) electrons. The lowest BCUT2D eigenvalue weighted by molar-refractivity contribution is 0.0988. The van der Waals surface area contributed by atoms with Crippen molar-refractivity contribution in [2.45, 2.75) is 26.2 Å². The number of aryl methyl sites for hydroxylation is 1. The maximum absolute atomic E-state index is 11.7. The predicted octanol–water partition coefficient (Wildman–Crippen LogP) is 3.27. The Bertz CT molecular complexity index is 489. The lowest BCUT2D eigenvalue weighted by Crippen LogP contribution is -2.10. The van der Waals surface area contributed by atoms with Crippen LogP contribution in [-0.4, -0.2) is 11.1 Å². The van der Waals surface area contributed by atoms with E-state index in [0.29, 0.717) is 0 Å². The fraction of sp³-hybridized carbons (Fsp3) is 0.286. The van der Waals surface area contributed by atoms with Crippen LogP contribution in [0.5, 0.6) is 0 Å². The summed E-state index contributed by atoms with van der Waals surface area (Å²) < 4.78 is 4.78. The molecule has 2 aromatic rings. The second kappa shape index (κ2) is 6.00. The first-order valence-electron chi connectivity index (χ1n) is 6.10. The fourth-order valence-electron chi connectivity index (χ4n) is 1.66. The van der Waals surface area contributed by atoms with E-state index in [0.717, 1.165) is 12.1 Å². The van der Waals surface area contributed by atoms with Gasteiger partial charge >= 0.3 is 0 Å². The number of unbranched alkanes of at least 4 members (excludes halogenated alkanes) is 1. The van der Waals surface area contributed by atoms with Crippen LogP contribution in [0.4, 0.5) is 5.69 Å². The van der Waals surface area contributed by atoms with Crippen LogP contribution in [0.2, 0.25) is 0 Å². The molecule has 18 heavy (non-hydrogen) atoms. The third-order valence-corrected chi connectivity index (χ3v) is 2.69. The molecule has 0 atom stereocenters. The van der Waals surface area contributed by atoms with E-state index in [1.54, 1.807) is 0 Å². The highest BCUT2D eigenvalue weighted by Gasteiger charge is 2.09. The molecule has 2 rings (SSSR count). The second-order valence-corrected chi connectivity index (χ2v) is 4.13. The molecule has 1 aromatic heterocycles. The van der Waals surface area contributed by atoms with Crippen LogP contribution >= 0.6 is 0 Å². The number of hydrogen-bond donors (Lipinski definition) is 1. The van der Waals surface area contributed by atoms with Gasteiger partial charge in [-0.2, -0.15) is 0 Å². The number of hydrogen-bond acceptors (Lipinski definition) is 3. The maximum atomic E-state index is 11.7. The average Bonchev–Trinajstić information content (AvgIpc) is 2.92. The monoisotopic (exact) mass is 244 g/mol. The topological polar surface area (TPSA) is 55.1 Å². The van der Waals surface area contributed by atoms with Gasteiger partial charge in [-0.25, -0.2) is 0 Å². The van der Waals surface area contributed by atoms with Gasteiger partial charge in [0.1, 0.15) is 0 Å². The van der Waals surface area contributed by atoms with Crippen molar-refractivity contribution in [3.05, 3.63) is 47.9 Å². The Morgan fingerprint density at radius 3 is 2.67 bits per heavy atom. The summed E-state index contributed by atoms with van der Waals surface area (Å²) in [4.78, 5) is 11.7. The van der Waals surface area contributed by atoms with Crippen molar-refractivity contribution in [3.8, 4) is 0 Å². The van der Waals surface area contributed by atoms with Gasteiger partial charge in [-0.1, -0.05) is 30.6 Å². The molecule has 0 aliphatic carbocycles. The Balaban J connectivity index is 1.96. The van der Waals surface area contributed by atoms with E-state index in [1.165, 1.54) is 30.7 Å². The highest BCUT2D eigenvalue weighted by molar-refractivity contribution is 6.02. The van der Waals surface area contributed by atoms with Gasteiger partial charge in [0.15, 0.2) is 0 Å². The summed E-state index contributed by atoms with van der Waals surface area (Å²) in [6, 6.07) is 9.40. The van der Waals surface area contributed by atoms with Gasteiger partial charge in [0.25, 0.3) is 5.91 Å². The van der Waals surface area contributed by atoms with Crippen LogP contribution in [0.25, 0.3) is 0 Å². The molecule has 0 aliphatic rings. The van der Waals surface area contributed by atoms with E-state index in [-0.39, 0.29) is 11.7 Å². The molecule has 0 unspecified atom stereocenters. The largest absolute Gasteiger partial charge is 0.351 e. The lowest BCUT2D eigenvalue weighted by atomic mass is 10.1. The normalized spacial score (nSPS) is 10.3. The Labute approximate surface area is 106 Å². The SMILES string of the molecule is CCCCc1ccc(NC(=O)c2ccno2)cc1. The summed E-state index contributed by atoms with van der Waals surface area (Å²) in [7, 11) is 0. The molecule has 0 fully saturated rings. The maximum Gasteiger partial charge on any atom is 0.294 e. The Morgan fingerprint density at radius 2 is 2.06 bits per heavy atom. The molecular formula is C14H16N2O2. The van der Waals surface area contributed by atoms with Crippen LogP contribution < -0.4 is 5.32 Å². The van der Waals surface area contributed by atoms with Crippen molar-refractivity contribution in [2.24, 2.45) is 0 Å². The van der Waals surface area contributed by atoms with Gasteiger partial charge in [0, 0.05) is 11.8 Å². The number of benzene rings is 1. The minimum atomic E-state index is -0.284. The van der Waals surface area contributed by atoms with Gasteiger partial charge in [0.2, 0.25) is 5.76 Å². The third kappa shape index (κ3) is 3.20. The zero-order valence-corrected chi connectivity index (χ0v) is 10.3. The van der Waals surface area contributed by atoms with Crippen molar-refractivity contribution in [3.63, 3.8) is 0 Å². The van der Waals surface area contributed by atoms with Crippen LogP contribution in [0.15, 0.2) is 41.1 Å². The van der Waals surface area contributed by atoms with E-state index in [1.807, 2.05) is 24.3 Å². The van der Waals surface area contributed by atoms with Crippen LogP contribution in [0, 0.1) is 0 Å². The molecule has 4 nitrogen and oxygen atoms in total. The summed E-state index contributed by atoms with van der Waals surface area (Å²) in [5, 5.41) is 6.25. The van der Waals surface area contributed by atoms with Crippen molar-refractivity contribution in [1.29, 1.82) is 0 Å². The minimum Gasteiger partial charge on any atom is -0.351 e. The van der Waals surface area contributed by atoms with Crippen LogP contribution in [-0.2, 0) is 6.42 Å². The summed E-state index contributed by atoms with van der Waals surface area (Å²) in [6.07, 6.45) is 4.89. The highest BCUT2D eigenvalue weighted by atomic mass is 16.5. The summed E-state index contributed by atoms with van der Waals surface area (Å²) in [5.74, 6) is -0.0705. The van der Waals surface area contributed by atoms with Crippen LogP contribution in [0.3, 0.4) is 0 Å². The number of rotatable bonds is 5. The highest BCUT2D eigenvalue weighted by Crippen LogP contribution is 2.13. The molecule has 0 aliphatic heterocycles. The lowest BCUT2D eigenvalue weighted by Gasteiger charge is -2.04. The van der Waals surface area contributed by atoms with E-state index in [9.17, 15) is 4.79 Å². The van der Waals surface area contributed by atoms with Gasteiger partial charge < -0.3 is 9.84 Å². The van der Waals surface area contributed by atoms with E-state index in [4.69, 9.17) is 4.52 Å². The Kier molecular flexibility index (Phi) is 4.12. The molecule has 1 amide bonds. The van der Waals surface area contributed by atoms with Crippen LogP contribution in [0.1, 0.15) is 35.9 Å². The summed E-state index contributed by atoms with van der Waals surface area (Å²) in [5.41, 5.74) is 2.05. The van der Waals surface area contributed by atoms with Gasteiger partial charge in [-0.3, -0.25) is 4.79 Å². The first kappa shape index (κ1) is 12.4. The molecular weight excluding hydrogens is 228 g/mol. The number of nitrogens with zero attached hydrogens (tertiary/aromatic N) is 1. The first-order valence-corrected chi connectivity index (χ1v) is 6.10. The van der Waals surface area contributed by atoms with E-state index in [2.05, 4.69) is 17.4 Å². The second-order valence-electron chi connectivity index (χ2n) is 4.13. The molecule has 0 saturated heterocycles. The number of carbonyl (C=O) groups is 1. The number of amides is 1. The van der Waals surface area contributed by atoms with Gasteiger partial charge in [-0.05, 0) is 30.5 Å². The molecule has 0 saturated carbocycles. The fourth-order valence-corrected chi connectivity index (χ4v) is 1.66. The smallest absolute Gasteiger partial charge is 0.294 e. The van der Waals surface area contributed by atoms with Crippen molar-refractivity contribution in [1.82, 2.24) is 5.16 Å². The number of carbonyl (C=O) groups excluding carboxylic acids is 1. The molecule has 1 N–H and O–H groups in total. The van der Waals surface area contributed by atoms with E-state index < -0.39 is 0 Å². The molecule has 1 heterocycles. The van der Waals surface area contributed by atoms with Crippen molar-refractivity contribution in [2.75, 3.05) is 5.32 Å². The van der Waals surface area contributed by atoms with Gasteiger partial charge in [-0.15, -0.1) is 0 Å². The minimum absolute atomic E-state index is 0.213. The zero-order chi connectivity index (χ0) is 12.8. The molecule has 4 heteroatoms. The Morgan fingerprint density at radius 1 is 1.28 bits per heavy atom. The number of nitrogens with one attached hydrogen (secondary N) is 1. The Hall–Kier alpha value is -2.10. The number of anilines is 1. The third-order valence-electron chi connectivity index (χ3n) is 2.69. The molecule has 94 valence electrons. The first-order chi connectivity index (χ1) is 8.79. The summed E-state index contributed by atoms with van der Waals surface area (Å²) in [6.45, 7) is 2.17. The average molecular weight is 244 g/mol. The molecule has 1 aromatic carbocycles. The predicted molar refractivity (Wildman–Crippen MR) is 69.5 cm³/mol. The summed E-state index contributed by atoms with van der Waals surface area (Å²) >= 11 is 0. The van der Waals surface area contributed by atoms with Crippen molar-refractivity contribution >= 4 is 11.6 Å². The zero-order valence-electron chi connectivity index (χ0n) is 10.3. The quantitative estimate of drug-likeness (QED) is 0.878.